The molecule has 1 saturated carbocycles. The first-order valence-corrected chi connectivity index (χ1v) is 6.52. The van der Waals surface area contributed by atoms with E-state index in [0.29, 0.717) is 12.0 Å². The number of benzene rings is 1. The zero-order valence-electron chi connectivity index (χ0n) is 11.1. The molecule has 0 heterocycles. The van der Waals surface area contributed by atoms with Crippen molar-refractivity contribution in [1.82, 2.24) is 0 Å². The number of rotatable bonds is 2. The average Bonchev–Trinajstić information content (AvgIpc) is 2.11. The highest BCUT2D eigenvalue weighted by molar-refractivity contribution is 5.21. The van der Waals surface area contributed by atoms with Crippen LogP contribution >= 0.6 is 0 Å². The number of nitrogens with two attached hydrogens (primary N) is 1. The molecule has 1 unspecified atom stereocenters. The fraction of sp³-hybridized carbons (Fsp3) is 0.600. The Bertz CT molecular complexity index is 422. The zero-order chi connectivity index (χ0) is 13.4. The molecular weight excluding hydrogens is 232 g/mol. The van der Waals surface area contributed by atoms with Crippen molar-refractivity contribution in [3.8, 4) is 0 Å². The first kappa shape index (κ1) is 13.5. The minimum atomic E-state index is -0.524. The molecule has 18 heavy (non-hydrogen) atoms. The summed E-state index contributed by atoms with van der Waals surface area (Å²) in [5.74, 6) is -1.05. The molecule has 1 aromatic rings. The van der Waals surface area contributed by atoms with E-state index in [1.165, 1.54) is 18.6 Å². The van der Waals surface area contributed by atoms with Gasteiger partial charge in [0.25, 0.3) is 0 Å². The van der Waals surface area contributed by atoms with Crippen molar-refractivity contribution in [1.29, 1.82) is 0 Å². The van der Waals surface area contributed by atoms with Crippen LogP contribution in [0.5, 0.6) is 0 Å². The highest BCUT2D eigenvalue weighted by atomic mass is 19.1. The maximum absolute atomic E-state index is 13.2. The van der Waals surface area contributed by atoms with E-state index in [4.69, 9.17) is 5.73 Å². The second kappa shape index (κ2) is 4.61. The summed E-state index contributed by atoms with van der Waals surface area (Å²) >= 11 is 0. The lowest BCUT2D eigenvalue weighted by Gasteiger charge is -2.42. The van der Waals surface area contributed by atoms with Crippen molar-refractivity contribution in [3.05, 3.63) is 35.4 Å². The fourth-order valence-corrected chi connectivity index (χ4v) is 3.32. The Labute approximate surface area is 107 Å². The van der Waals surface area contributed by atoms with E-state index < -0.39 is 11.6 Å². The van der Waals surface area contributed by atoms with Gasteiger partial charge in [0.1, 0.15) is 11.6 Å². The Morgan fingerprint density at radius 3 is 2.28 bits per heavy atom. The van der Waals surface area contributed by atoms with Crippen LogP contribution in [-0.4, -0.2) is 5.54 Å². The summed E-state index contributed by atoms with van der Waals surface area (Å²) in [6, 6.07) is 3.68. The molecule has 2 rings (SSSR count). The van der Waals surface area contributed by atoms with Gasteiger partial charge in [0, 0.05) is 11.6 Å². The minimum absolute atomic E-state index is 0.221. The van der Waals surface area contributed by atoms with Crippen LogP contribution in [0.3, 0.4) is 0 Å². The summed E-state index contributed by atoms with van der Waals surface area (Å²) < 4.78 is 26.4. The molecule has 1 aliphatic rings. The van der Waals surface area contributed by atoms with Gasteiger partial charge in [-0.1, -0.05) is 20.3 Å². The van der Waals surface area contributed by atoms with E-state index in [9.17, 15) is 8.78 Å². The van der Waals surface area contributed by atoms with Gasteiger partial charge in [-0.2, -0.15) is 0 Å². The van der Waals surface area contributed by atoms with Crippen LogP contribution in [0.1, 0.15) is 45.1 Å². The Morgan fingerprint density at radius 1 is 1.11 bits per heavy atom. The Hall–Kier alpha value is -0.960. The summed E-state index contributed by atoms with van der Waals surface area (Å²) in [6.45, 7) is 4.42. The SMILES string of the molecule is CC1(C)CCCC(N)(Cc2cc(F)cc(F)c2)C1. The third kappa shape index (κ3) is 3.29. The molecule has 0 aliphatic heterocycles. The van der Waals surface area contributed by atoms with Crippen molar-refractivity contribution in [2.75, 3.05) is 0 Å². The Kier molecular flexibility index (Phi) is 3.45. The van der Waals surface area contributed by atoms with E-state index >= 15 is 0 Å². The molecule has 100 valence electrons. The molecule has 0 radical (unpaired) electrons. The highest BCUT2D eigenvalue weighted by Crippen LogP contribution is 2.41. The van der Waals surface area contributed by atoms with E-state index in [2.05, 4.69) is 13.8 Å². The first-order valence-electron chi connectivity index (χ1n) is 6.52. The largest absolute Gasteiger partial charge is 0.325 e. The third-order valence-corrected chi connectivity index (χ3v) is 3.84. The predicted molar refractivity (Wildman–Crippen MR) is 69.2 cm³/mol. The molecule has 2 N–H and O–H groups in total. The second-order valence-corrected chi connectivity index (χ2v) is 6.51. The third-order valence-electron chi connectivity index (χ3n) is 3.84. The van der Waals surface area contributed by atoms with E-state index in [1.54, 1.807) is 0 Å². The van der Waals surface area contributed by atoms with Crippen molar-refractivity contribution >= 4 is 0 Å². The van der Waals surface area contributed by atoms with Gasteiger partial charge in [0.15, 0.2) is 0 Å². The first-order chi connectivity index (χ1) is 8.28. The van der Waals surface area contributed by atoms with Crippen LogP contribution in [0, 0.1) is 17.0 Å². The normalized spacial score (nSPS) is 27.2. The molecule has 1 aliphatic carbocycles. The molecule has 1 nitrogen and oxygen atoms in total. The van der Waals surface area contributed by atoms with Crippen LogP contribution in [0.15, 0.2) is 18.2 Å². The summed E-state index contributed by atoms with van der Waals surface area (Å²) in [4.78, 5) is 0. The van der Waals surface area contributed by atoms with Crippen LogP contribution in [0.2, 0.25) is 0 Å². The van der Waals surface area contributed by atoms with Gasteiger partial charge in [-0.15, -0.1) is 0 Å². The standard InChI is InChI=1S/C15H21F2N/c1-14(2)4-3-5-15(18,10-14)9-11-6-12(16)8-13(17)7-11/h6-8H,3-5,9-10,18H2,1-2H3. The van der Waals surface area contributed by atoms with Crippen molar-refractivity contribution in [3.63, 3.8) is 0 Å². The van der Waals surface area contributed by atoms with Crippen molar-refractivity contribution in [2.24, 2.45) is 11.1 Å². The second-order valence-electron chi connectivity index (χ2n) is 6.51. The monoisotopic (exact) mass is 253 g/mol. The zero-order valence-corrected chi connectivity index (χ0v) is 11.1. The van der Waals surface area contributed by atoms with Gasteiger partial charge < -0.3 is 5.73 Å². The van der Waals surface area contributed by atoms with Crippen molar-refractivity contribution in [2.45, 2.75) is 51.5 Å². The van der Waals surface area contributed by atoms with E-state index in [-0.39, 0.29) is 11.0 Å². The summed E-state index contributed by atoms with van der Waals surface area (Å²) in [5, 5.41) is 0. The molecule has 0 aromatic heterocycles. The molecule has 1 atom stereocenters. The molecule has 0 spiro atoms. The Morgan fingerprint density at radius 2 is 1.72 bits per heavy atom. The molecule has 0 bridgehead atoms. The number of hydrogen-bond donors (Lipinski definition) is 1. The van der Waals surface area contributed by atoms with Crippen LogP contribution < -0.4 is 5.73 Å². The van der Waals surface area contributed by atoms with Gasteiger partial charge >= 0.3 is 0 Å². The highest BCUT2D eigenvalue weighted by Gasteiger charge is 2.37. The summed E-state index contributed by atoms with van der Waals surface area (Å²) in [6.07, 6.45) is 4.63. The van der Waals surface area contributed by atoms with E-state index in [1.807, 2.05) is 0 Å². The van der Waals surface area contributed by atoms with Crippen LogP contribution in [-0.2, 0) is 6.42 Å². The quantitative estimate of drug-likeness (QED) is 0.852. The number of halogens is 2. The van der Waals surface area contributed by atoms with Gasteiger partial charge in [0.05, 0.1) is 0 Å². The minimum Gasteiger partial charge on any atom is -0.325 e. The van der Waals surface area contributed by atoms with Gasteiger partial charge in [-0.05, 0) is 48.8 Å². The topological polar surface area (TPSA) is 26.0 Å². The smallest absolute Gasteiger partial charge is 0.126 e. The fourth-order valence-electron chi connectivity index (χ4n) is 3.32. The molecular formula is C15H21F2N. The molecule has 0 saturated heterocycles. The lowest BCUT2D eigenvalue weighted by atomic mass is 9.66. The predicted octanol–water partition coefficient (Wildman–Crippen LogP) is 3.81. The van der Waals surface area contributed by atoms with E-state index in [0.717, 1.165) is 25.3 Å². The Balaban J connectivity index is 2.16. The van der Waals surface area contributed by atoms with Crippen LogP contribution in [0.4, 0.5) is 8.78 Å². The van der Waals surface area contributed by atoms with Gasteiger partial charge in [-0.25, -0.2) is 8.78 Å². The average molecular weight is 253 g/mol. The van der Waals surface area contributed by atoms with Crippen LogP contribution in [0.25, 0.3) is 0 Å². The summed E-state index contributed by atoms with van der Waals surface area (Å²) in [7, 11) is 0. The van der Waals surface area contributed by atoms with Gasteiger partial charge in [-0.3, -0.25) is 0 Å². The molecule has 3 heteroatoms. The maximum atomic E-state index is 13.2. The lowest BCUT2D eigenvalue weighted by molar-refractivity contribution is 0.151. The van der Waals surface area contributed by atoms with Crippen molar-refractivity contribution < 1.29 is 8.78 Å². The maximum Gasteiger partial charge on any atom is 0.126 e. The van der Waals surface area contributed by atoms with Gasteiger partial charge in [0.2, 0.25) is 0 Å². The molecule has 1 aromatic carbocycles. The molecule has 1 fully saturated rings. The lowest BCUT2D eigenvalue weighted by Crippen LogP contribution is -2.48. The molecule has 0 amide bonds. The summed E-state index contributed by atoms with van der Waals surface area (Å²) in [5.41, 5.74) is 6.97. The number of hydrogen-bond acceptors (Lipinski definition) is 1.